The van der Waals surface area contributed by atoms with Crippen LogP contribution < -0.4 is 5.73 Å². The van der Waals surface area contributed by atoms with E-state index in [9.17, 15) is 18.0 Å². The fraction of sp³-hybridized carbons (Fsp3) is 0.316. The molecule has 0 aliphatic carbocycles. The first kappa shape index (κ1) is 20.3. The number of nitrogens with zero attached hydrogens (tertiary/aromatic N) is 1. The summed E-state index contributed by atoms with van der Waals surface area (Å²) < 4.78 is 39.8. The molecule has 1 heterocycles. The Balaban J connectivity index is 0.00000243. The van der Waals surface area contributed by atoms with Crippen LogP contribution in [0, 0.1) is 22.9 Å². The summed E-state index contributed by atoms with van der Waals surface area (Å²) in [6.07, 6.45) is 0.863. The lowest BCUT2D eigenvalue weighted by Crippen LogP contribution is -2.34. The van der Waals surface area contributed by atoms with Crippen molar-refractivity contribution < 1.29 is 18.0 Å². The fourth-order valence-corrected chi connectivity index (χ4v) is 3.07. The molecule has 0 spiro atoms. The molecule has 1 atom stereocenters. The third-order valence-corrected chi connectivity index (χ3v) is 4.79. The van der Waals surface area contributed by atoms with Gasteiger partial charge in [-0.15, -0.1) is 12.4 Å². The predicted molar refractivity (Wildman–Crippen MR) is 96.7 cm³/mol. The summed E-state index contributed by atoms with van der Waals surface area (Å²) in [4.78, 5) is 14.3. The van der Waals surface area contributed by atoms with Crippen LogP contribution in [-0.2, 0) is 0 Å². The molecule has 1 unspecified atom stereocenters. The smallest absolute Gasteiger partial charge is 0.253 e. The standard InChI is InChI=1S/C19H19F3N2O.ClH/c1-19(10-23)6-7-24(11-19)18(25)13-4-2-12(3-5-13)14-8-15(20)17(22)16(21)9-14;/h2-5,8-9H,6-7,10-11,23H2,1H3;1H. The third kappa shape index (κ3) is 3.86. The molecule has 0 bridgehead atoms. The summed E-state index contributed by atoms with van der Waals surface area (Å²) >= 11 is 0. The molecule has 2 N–H and O–H groups in total. The highest BCUT2D eigenvalue weighted by molar-refractivity contribution is 5.95. The maximum Gasteiger partial charge on any atom is 0.253 e. The Hall–Kier alpha value is -2.05. The van der Waals surface area contributed by atoms with Crippen molar-refractivity contribution in [2.45, 2.75) is 13.3 Å². The van der Waals surface area contributed by atoms with Gasteiger partial charge in [-0.05, 0) is 53.8 Å². The molecule has 3 rings (SSSR count). The average molecular weight is 385 g/mol. The lowest BCUT2D eigenvalue weighted by atomic mass is 9.90. The van der Waals surface area contributed by atoms with Gasteiger partial charge in [0.1, 0.15) is 0 Å². The monoisotopic (exact) mass is 384 g/mol. The topological polar surface area (TPSA) is 46.3 Å². The van der Waals surface area contributed by atoms with Gasteiger partial charge in [-0.3, -0.25) is 4.79 Å². The lowest BCUT2D eigenvalue weighted by molar-refractivity contribution is 0.0777. The molecule has 2 aromatic carbocycles. The van der Waals surface area contributed by atoms with Crippen molar-refractivity contribution >= 4 is 18.3 Å². The molecule has 0 saturated carbocycles. The van der Waals surface area contributed by atoms with Crippen molar-refractivity contribution in [3.05, 3.63) is 59.4 Å². The van der Waals surface area contributed by atoms with E-state index in [0.29, 0.717) is 30.8 Å². The fourth-order valence-electron chi connectivity index (χ4n) is 3.07. The van der Waals surface area contributed by atoms with E-state index in [4.69, 9.17) is 5.73 Å². The van der Waals surface area contributed by atoms with Crippen molar-refractivity contribution in [2.24, 2.45) is 11.1 Å². The molecule has 1 aliphatic rings. The highest BCUT2D eigenvalue weighted by Gasteiger charge is 2.35. The Labute approximate surface area is 156 Å². The summed E-state index contributed by atoms with van der Waals surface area (Å²) in [6.45, 7) is 3.85. The summed E-state index contributed by atoms with van der Waals surface area (Å²) in [5, 5.41) is 0. The van der Waals surface area contributed by atoms with Gasteiger partial charge < -0.3 is 10.6 Å². The van der Waals surface area contributed by atoms with Gasteiger partial charge in [-0.2, -0.15) is 0 Å². The van der Waals surface area contributed by atoms with Crippen molar-refractivity contribution in [1.82, 2.24) is 4.90 Å². The highest BCUT2D eigenvalue weighted by Crippen LogP contribution is 2.30. The number of nitrogens with two attached hydrogens (primary N) is 1. The number of hydrogen-bond donors (Lipinski definition) is 1. The molecule has 1 amide bonds. The molecule has 0 radical (unpaired) electrons. The van der Waals surface area contributed by atoms with Gasteiger partial charge >= 0.3 is 0 Å². The van der Waals surface area contributed by atoms with Crippen LogP contribution in [-0.4, -0.2) is 30.4 Å². The zero-order valence-corrected chi connectivity index (χ0v) is 15.1. The zero-order valence-electron chi connectivity index (χ0n) is 14.3. The summed E-state index contributed by atoms with van der Waals surface area (Å²) in [7, 11) is 0. The van der Waals surface area contributed by atoms with E-state index in [2.05, 4.69) is 6.92 Å². The Morgan fingerprint density at radius 1 is 1.12 bits per heavy atom. The first-order chi connectivity index (χ1) is 11.8. The van der Waals surface area contributed by atoms with Gasteiger partial charge in [-0.1, -0.05) is 19.1 Å². The van der Waals surface area contributed by atoms with Crippen LogP contribution in [0.5, 0.6) is 0 Å². The maximum atomic E-state index is 13.4. The quantitative estimate of drug-likeness (QED) is 0.813. The zero-order chi connectivity index (χ0) is 18.2. The molecule has 7 heteroatoms. The van der Waals surface area contributed by atoms with Crippen LogP contribution >= 0.6 is 12.4 Å². The number of likely N-dealkylation sites (tertiary alicyclic amines) is 1. The van der Waals surface area contributed by atoms with Crippen molar-refractivity contribution in [1.29, 1.82) is 0 Å². The number of hydrogen-bond acceptors (Lipinski definition) is 2. The minimum atomic E-state index is -1.49. The summed E-state index contributed by atoms with van der Waals surface area (Å²) in [5.74, 6) is -4.07. The minimum Gasteiger partial charge on any atom is -0.338 e. The number of carbonyl (C=O) groups is 1. The van der Waals surface area contributed by atoms with Crippen LogP contribution in [0.4, 0.5) is 13.2 Å². The van der Waals surface area contributed by atoms with E-state index in [1.54, 1.807) is 29.2 Å². The number of amides is 1. The number of benzene rings is 2. The Morgan fingerprint density at radius 3 is 2.19 bits per heavy atom. The van der Waals surface area contributed by atoms with Crippen molar-refractivity contribution in [2.75, 3.05) is 19.6 Å². The molecular formula is C19H20ClF3N2O. The molecule has 1 fully saturated rings. The molecule has 140 valence electrons. The Morgan fingerprint density at radius 2 is 1.69 bits per heavy atom. The molecule has 2 aromatic rings. The van der Waals surface area contributed by atoms with Gasteiger partial charge in [0.15, 0.2) is 17.5 Å². The maximum absolute atomic E-state index is 13.4. The first-order valence-corrected chi connectivity index (χ1v) is 8.07. The number of carbonyl (C=O) groups excluding carboxylic acids is 1. The van der Waals surface area contributed by atoms with Gasteiger partial charge in [-0.25, -0.2) is 13.2 Å². The van der Waals surface area contributed by atoms with Crippen molar-refractivity contribution in [3.8, 4) is 11.1 Å². The van der Waals surface area contributed by atoms with Gasteiger partial charge in [0.25, 0.3) is 5.91 Å². The number of halogens is 4. The third-order valence-electron chi connectivity index (χ3n) is 4.79. The van der Waals surface area contributed by atoms with E-state index < -0.39 is 17.5 Å². The average Bonchev–Trinajstić information content (AvgIpc) is 3.02. The second-order valence-electron chi connectivity index (χ2n) is 6.82. The lowest BCUT2D eigenvalue weighted by Gasteiger charge is -2.22. The SMILES string of the molecule is CC1(CN)CCN(C(=O)c2ccc(-c3cc(F)c(F)c(F)c3)cc2)C1.Cl. The van der Waals surface area contributed by atoms with E-state index in [1.165, 1.54) is 0 Å². The van der Waals surface area contributed by atoms with E-state index in [0.717, 1.165) is 18.6 Å². The molecule has 1 aliphatic heterocycles. The minimum absolute atomic E-state index is 0. The second kappa shape index (κ2) is 7.68. The van der Waals surface area contributed by atoms with Crippen molar-refractivity contribution in [3.63, 3.8) is 0 Å². The molecular weight excluding hydrogens is 365 g/mol. The van der Waals surface area contributed by atoms with Crippen LogP contribution in [0.2, 0.25) is 0 Å². The van der Waals surface area contributed by atoms with Crippen LogP contribution in [0.15, 0.2) is 36.4 Å². The number of rotatable bonds is 3. The van der Waals surface area contributed by atoms with Crippen LogP contribution in [0.25, 0.3) is 11.1 Å². The first-order valence-electron chi connectivity index (χ1n) is 8.07. The second-order valence-corrected chi connectivity index (χ2v) is 6.82. The van der Waals surface area contributed by atoms with Crippen LogP contribution in [0.1, 0.15) is 23.7 Å². The van der Waals surface area contributed by atoms with Crippen LogP contribution in [0.3, 0.4) is 0 Å². The van der Waals surface area contributed by atoms with Gasteiger partial charge in [0, 0.05) is 18.7 Å². The molecule has 3 nitrogen and oxygen atoms in total. The Kier molecular flexibility index (Phi) is 5.98. The molecule has 26 heavy (non-hydrogen) atoms. The summed E-state index contributed by atoms with van der Waals surface area (Å²) in [5.41, 5.74) is 6.92. The van der Waals surface area contributed by atoms with E-state index in [-0.39, 0.29) is 29.3 Å². The molecule has 1 saturated heterocycles. The van der Waals surface area contributed by atoms with E-state index >= 15 is 0 Å². The predicted octanol–water partition coefficient (Wildman–Crippen LogP) is 4.00. The highest BCUT2D eigenvalue weighted by atomic mass is 35.5. The van der Waals surface area contributed by atoms with Gasteiger partial charge in [0.2, 0.25) is 0 Å². The summed E-state index contributed by atoms with van der Waals surface area (Å²) in [6, 6.07) is 8.27. The van der Waals surface area contributed by atoms with Gasteiger partial charge in [0.05, 0.1) is 0 Å². The largest absolute Gasteiger partial charge is 0.338 e. The molecule has 0 aromatic heterocycles. The Bertz CT molecular complexity index is 790. The normalized spacial score (nSPS) is 19.3. The van der Waals surface area contributed by atoms with E-state index in [1.807, 2.05) is 0 Å².